The van der Waals surface area contributed by atoms with E-state index < -0.39 is 16.1 Å². The molecule has 1 saturated heterocycles. The number of nitrogens with zero attached hydrogens (tertiary/aromatic N) is 2. The van der Waals surface area contributed by atoms with Gasteiger partial charge in [-0.05, 0) is 25.0 Å². The van der Waals surface area contributed by atoms with Crippen LogP contribution in [0.2, 0.25) is 0 Å². The van der Waals surface area contributed by atoms with Crippen molar-refractivity contribution in [3.8, 4) is 0 Å². The van der Waals surface area contributed by atoms with Crippen LogP contribution in [-0.4, -0.2) is 66.7 Å². The van der Waals surface area contributed by atoms with Gasteiger partial charge in [-0.2, -0.15) is 4.31 Å². The normalized spacial score (nSPS) is 23.4. The van der Waals surface area contributed by atoms with Gasteiger partial charge in [-0.1, -0.05) is 43.3 Å². The van der Waals surface area contributed by atoms with Crippen molar-refractivity contribution in [3.63, 3.8) is 0 Å². The number of allylic oxidation sites excluding steroid dienone is 1. The van der Waals surface area contributed by atoms with Gasteiger partial charge in [0.2, 0.25) is 15.9 Å². The molecule has 1 amide bonds. The van der Waals surface area contributed by atoms with Crippen LogP contribution in [0.5, 0.6) is 0 Å². The summed E-state index contributed by atoms with van der Waals surface area (Å²) in [4.78, 5) is 13.9. The number of aliphatic hydroxyl groups is 1. The first-order chi connectivity index (χ1) is 12.8. The monoisotopic (exact) mass is 394 g/mol. The van der Waals surface area contributed by atoms with E-state index in [1.54, 1.807) is 11.8 Å². The van der Waals surface area contributed by atoms with Crippen molar-refractivity contribution in [2.24, 2.45) is 0 Å². The zero-order chi connectivity index (χ0) is 20.2. The topological polar surface area (TPSA) is 77.9 Å². The zero-order valence-corrected chi connectivity index (χ0v) is 17.3. The summed E-state index contributed by atoms with van der Waals surface area (Å²) in [5.41, 5.74) is 2.04. The summed E-state index contributed by atoms with van der Waals surface area (Å²) in [6.07, 6.45) is 5.49. The number of rotatable bonds is 8. The maximum atomic E-state index is 12.3. The Morgan fingerprint density at radius 2 is 1.85 bits per heavy atom. The summed E-state index contributed by atoms with van der Waals surface area (Å²) in [6.45, 7) is 6.24. The molecular weight excluding hydrogens is 364 g/mol. The molecule has 0 spiro atoms. The van der Waals surface area contributed by atoms with Gasteiger partial charge in [0.15, 0.2) is 0 Å². The van der Waals surface area contributed by atoms with Crippen molar-refractivity contribution < 1.29 is 18.3 Å². The van der Waals surface area contributed by atoms with E-state index >= 15 is 0 Å². The average molecular weight is 395 g/mol. The van der Waals surface area contributed by atoms with E-state index in [0.29, 0.717) is 19.5 Å². The Balaban J connectivity index is 2.37. The van der Waals surface area contributed by atoms with Crippen LogP contribution in [0.4, 0.5) is 0 Å². The Kier molecular flexibility index (Phi) is 7.19. The third-order valence-corrected chi connectivity index (χ3v) is 6.49. The molecule has 1 aliphatic rings. The number of sulfonamides is 1. The summed E-state index contributed by atoms with van der Waals surface area (Å²) in [5.74, 6) is -0.149. The van der Waals surface area contributed by atoms with Crippen molar-refractivity contribution >= 4 is 22.0 Å². The molecule has 27 heavy (non-hydrogen) atoms. The van der Waals surface area contributed by atoms with Gasteiger partial charge in [0.05, 0.1) is 24.9 Å². The van der Waals surface area contributed by atoms with E-state index in [-0.39, 0.29) is 24.5 Å². The minimum atomic E-state index is -3.50. The summed E-state index contributed by atoms with van der Waals surface area (Å²) in [5, 5.41) is 9.86. The van der Waals surface area contributed by atoms with Crippen LogP contribution in [0.15, 0.2) is 30.3 Å². The highest BCUT2D eigenvalue weighted by Gasteiger charge is 2.53. The average Bonchev–Trinajstić information content (AvgIpc) is 2.61. The first-order valence-corrected chi connectivity index (χ1v) is 11.2. The molecule has 0 bridgehead atoms. The molecule has 3 atom stereocenters. The van der Waals surface area contributed by atoms with Crippen LogP contribution >= 0.6 is 0 Å². The number of amides is 1. The fourth-order valence-corrected chi connectivity index (χ4v) is 5.30. The second kappa shape index (κ2) is 8.99. The molecule has 1 fully saturated rings. The highest BCUT2D eigenvalue weighted by atomic mass is 32.2. The van der Waals surface area contributed by atoms with Gasteiger partial charge in [0, 0.05) is 25.4 Å². The van der Waals surface area contributed by atoms with Crippen molar-refractivity contribution in [1.82, 2.24) is 9.21 Å². The predicted octanol–water partition coefficient (Wildman–Crippen LogP) is 2.07. The number of aliphatic hydroxyl groups excluding tert-OH is 1. The van der Waals surface area contributed by atoms with Crippen LogP contribution < -0.4 is 0 Å². The van der Waals surface area contributed by atoms with Gasteiger partial charge in [0.1, 0.15) is 0 Å². The number of carbonyl (C=O) groups is 1. The van der Waals surface area contributed by atoms with E-state index in [4.69, 9.17) is 0 Å². The summed E-state index contributed by atoms with van der Waals surface area (Å²) < 4.78 is 26.0. The Hall–Kier alpha value is -1.70. The van der Waals surface area contributed by atoms with Crippen LogP contribution in [0.25, 0.3) is 6.08 Å². The Morgan fingerprint density at radius 1 is 1.22 bits per heavy atom. The largest absolute Gasteiger partial charge is 0.395 e. The molecule has 150 valence electrons. The molecule has 2 rings (SSSR count). The minimum absolute atomic E-state index is 0.000537. The SMILES string of the molecule is C/C=C/c1ccc([C@H]2[C@@H](CO)N(S(C)(=O)=O)[C@@H]2CN(CC)C(=O)CC)cc1. The van der Waals surface area contributed by atoms with Crippen LogP contribution in [-0.2, 0) is 14.8 Å². The number of likely N-dealkylation sites (N-methyl/N-ethyl adjacent to an activating group) is 1. The quantitative estimate of drug-likeness (QED) is 0.732. The fraction of sp³-hybridized carbons (Fsp3) is 0.550. The zero-order valence-electron chi connectivity index (χ0n) is 16.5. The third-order valence-electron chi connectivity index (χ3n) is 5.18. The van der Waals surface area contributed by atoms with Gasteiger partial charge < -0.3 is 10.0 Å². The fourth-order valence-electron chi connectivity index (χ4n) is 3.92. The molecule has 1 aliphatic heterocycles. The highest BCUT2D eigenvalue weighted by Crippen LogP contribution is 2.42. The lowest BCUT2D eigenvalue weighted by Crippen LogP contribution is -2.68. The molecule has 0 saturated carbocycles. The molecule has 1 N–H and O–H groups in total. The smallest absolute Gasteiger partial charge is 0.222 e. The van der Waals surface area contributed by atoms with Crippen molar-refractivity contribution in [3.05, 3.63) is 41.5 Å². The van der Waals surface area contributed by atoms with Crippen LogP contribution in [0, 0.1) is 0 Å². The Labute approximate surface area is 162 Å². The number of benzene rings is 1. The van der Waals surface area contributed by atoms with Crippen LogP contribution in [0.1, 0.15) is 44.2 Å². The lowest BCUT2D eigenvalue weighted by Gasteiger charge is -2.54. The summed E-state index contributed by atoms with van der Waals surface area (Å²) in [7, 11) is -3.50. The summed E-state index contributed by atoms with van der Waals surface area (Å²) in [6, 6.07) is 7.05. The molecule has 0 aromatic heterocycles. The summed E-state index contributed by atoms with van der Waals surface area (Å²) >= 11 is 0. The van der Waals surface area contributed by atoms with Gasteiger partial charge in [-0.15, -0.1) is 0 Å². The van der Waals surface area contributed by atoms with E-state index in [2.05, 4.69) is 0 Å². The van der Waals surface area contributed by atoms with E-state index in [1.165, 1.54) is 4.31 Å². The molecule has 6 nitrogen and oxygen atoms in total. The van der Waals surface area contributed by atoms with Crippen molar-refractivity contribution in [2.75, 3.05) is 26.0 Å². The standard InChI is InChI=1S/C20H30N2O4S/c1-5-8-15-9-11-16(12-10-15)20-17(13-21(7-3)19(24)6-2)22(18(20)14-23)27(4,25)26/h5,8-12,17-18,20,23H,6-7,13-14H2,1-4H3/b8-5+/t17-,18-,20-/m1/s1. The lowest BCUT2D eigenvalue weighted by molar-refractivity contribution is -0.132. The second-order valence-corrected chi connectivity index (χ2v) is 8.78. The van der Waals surface area contributed by atoms with E-state index in [0.717, 1.165) is 17.4 Å². The third kappa shape index (κ3) is 4.59. The first-order valence-electron chi connectivity index (χ1n) is 9.38. The van der Waals surface area contributed by atoms with E-state index in [1.807, 2.05) is 50.3 Å². The van der Waals surface area contributed by atoms with Gasteiger partial charge >= 0.3 is 0 Å². The van der Waals surface area contributed by atoms with Crippen molar-refractivity contribution in [2.45, 2.75) is 45.2 Å². The molecule has 1 aromatic rings. The maximum Gasteiger partial charge on any atom is 0.222 e. The highest BCUT2D eigenvalue weighted by molar-refractivity contribution is 7.88. The lowest BCUT2D eigenvalue weighted by atomic mass is 9.77. The Bertz CT molecular complexity index is 774. The van der Waals surface area contributed by atoms with E-state index in [9.17, 15) is 18.3 Å². The maximum absolute atomic E-state index is 12.3. The van der Waals surface area contributed by atoms with Gasteiger partial charge in [-0.3, -0.25) is 4.79 Å². The second-order valence-electron chi connectivity index (χ2n) is 6.89. The number of hydrogen-bond acceptors (Lipinski definition) is 4. The van der Waals surface area contributed by atoms with Gasteiger partial charge in [0.25, 0.3) is 0 Å². The molecule has 0 radical (unpaired) electrons. The molecule has 1 heterocycles. The first kappa shape index (κ1) is 21.6. The molecule has 1 aromatic carbocycles. The minimum Gasteiger partial charge on any atom is -0.395 e. The molecule has 7 heteroatoms. The van der Waals surface area contributed by atoms with Gasteiger partial charge in [-0.25, -0.2) is 8.42 Å². The number of hydrogen-bond donors (Lipinski definition) is 1. The van der Waals surface area contributed by atoms with Crippen molar-refractivity contribution in [1.29, 1.82) is 0 Å². The molecule has 0 aliphatic carbocycles. The molecular formula is C20H30N2O4S. The predicted molar refractivity (Wildman–Crippen MR) is 108 cm³/mol. The number of carbonyl (C=O) groups excluding carboxylic acids is 1. The molecule has 0 unspecified atom stereocenters. The van der Waals surface area contributed by atoms with Crippen LogP contribution in [0.3, 0.4) is 0 Å². The Morgan fingerprint density at radius 3 is 2.30 bits per heavy atom.